The Morgan fingerprint density at radius 1 is 0.507 bits per heavy atom. The molecule has 0 spiro atoms. The molecule has 0 saturated heterocycles. The Morgan fingerprint density at radius 3 is 1.24 bits per heavy atom. The average molecular weight is 957 g/mol. The number of ether oxygens (including phenoxy) is 4. The van der Waals surface area contributed by atoms with E-state index in [0.717, 1.165) is 63.8 Å². The van der Waals surface area contributed by atoms with Gasteiger partial charge in [-0.15, -0.1) is 0 Å². The van der Waals surface area contributed by atoms with E-state index in [0.29, 0.717) is 85.0 Å². The highest BCUT2D eigenvalue weighted by Crippen LogP contribution is 2.24. The van der Waals surface area contributed by atoms with Crippen LogP contribution < -0.4 is 16.0 Å². The zero-order valence-electron chi connectivity index (χ0n) is 41.5. The van der Waals surface area contributed by atoms with Gasteiger partial charge in [-0.05, 0) is 149 Å². The van der Waals surface area contributed by atoms with E-state index in [9.17, 15) is 14.4 Å². The van der Waals surface area contributed by atoms with Crippen LogP contribution in [0.4, 0.5) is 34.9 Å². The van der Waals surface area contributed by atoms with Crippen molar-refractivity contribution >= 4 is 69.4 Å². The van der Waals surface area contributed by atoms with Gasteiger partial charge in [0.2, 0.25) is 17.8 Å². The fourth-order valence-corrected chi connectivity index (χ4v) is 14.9. The van der Waals surface area contributed by atoms with Crippen molar-refractivity contribution in [3.8, 4) is 0 Å². The molecule has 2 unspecified atom stereocenters. The van der Waals surface area contributed by atoms with Crippen LogP contribution in [0.2, 0.25) is 38.8 Å². The maximum absolute atomic E-state index is 12.9. The normalized spacial score (nSPS) is 12.5. The molecule has 0 bridgehead atoms. The number of rotatable bonds is 31. The number of hydrogen-bond acceptors (Lipinski definition) is 14. The van der Waals surface area contributed by atoms with Crippen LogP contribution in [0.15, 0.2) is 72.8 Å². The minimum absolute atomic E-state index is 0.217. The first-order chi connectivity index (χ1) is 32.1. The van der Waals surface area contributed by atoms with Crippen molar-refractivity contribution in [1.29, 1.82) is 0 Å². The van der Waals surface area contributed by atoms with E-state index in [1.807, 2.05) is 0 Å². The third-order valence-corrected chi connectivity index (χ3v) is 17.2. The number of hydrogen-bond donors (Lipinski definition) is 3. The summed E-state index contributed by atoms with van der Waals surface area (Å²) in [6, 6.07) is 21.7. The van der Waals surface area contributed by atoms with Gasteiger partial charge in [0, 0.05) is 30.3 Å². The van der Waals surface area contributed by atoms with Crippen molar-refractivity contribution in [3.05, 3.63) is 89.5 Å². The Balaban J connectivity index is 1.39. The predicted molar refractivity (Wildman–Crippen MR) is 273 cm³/mol. The fraction of sp³-hybridized carbons (Fsp3) is 0.529. The summed E-state index contributed by atoms with van der Waals surface area (Å²) in [6.07, 6.45) is 9.93. The second-order valence-electron chi connectivity index (χ2n) is 18.6. The predicted octanol–water partition coefficient (Wildman–Crippen LogP) is 12.9. The van der Waals surface area contributed by atoms with E-state index in [-0.39, 0.29) is 29.8 Å². The van der Waals surface area contributed by atoms with Gasteiger partial charge in [-0.2, -0.15) is 15.0 Å². The van der Waals surface area contributed by atoms with Gasteiger partial charge in [-0.1, -0.05) is 66.2 Å². The topological polar surface area (TPSA) is 172 Å². The van der Waals surface area contributed by atoms with Gasteiger partial charge in [0.05, 0.1) is 36.5 Å². The number of aromatic nitrogens is 3. The molecule has 4 aromatic rings. The summed E-state index contributed by atoms with van der Waals surface area (Å²) in [5, 5.41) is 9.65. The van der Waals surface area contributed by atoms with Crippen LogP contribution in [0.5, 0.6) is 0 Å². The Hall–Kier alpha value is -5.17. The number of carbonyl (C=O) groups excluding carboxylic acids is 3. The number of carbonyl (C=O) groups is 3. The van der Waals surface area contributed by atoms with Gasteiger partial charge >= 0.3 is 17.9 Å². The fourth-order valence-electron chi connectivity index (χ4n) is 7.20. The standard InChI is InChI=1S/C51H76N6O8Si2/c1-10-14-18-38(12-3)36-63-47(59)41-22-28-44(29-23-41)53-50-55-49(56-51(57-50)54-45-30-24-42(25-31-45)48(60)64-37-39(13-4)19-15-11-2)52-43-26-20-40(21-27-43)46(58)62-33-17-16-32-61-34-35-67(8,9)65-66(5,6)7/h20-31,38-39H,10-19,32-37H2,1-9H3,(H3,52,53,54,55,56,57). The third kappa shape index (κ3) is 20.7. The summed E-state index contributed by atoms with van der Waals surface area (Å²) in [4.78, 5) is 52.5. The van der Waals surface area contributed by atoms with Gasteiger partial charge in [0.15, 0.2) is 16.6 Å². The monoisotopic (exact) mass is 957 g/mol. The first kappa shape index (κ1) is 54.4. The number of unbranched alkanes of at least 4 members (excludes halogenated alkanes) is 3. The highest BCUT2D eigenvalue weighted by molar-refractivity contribution is 6.84. The molecule has 3 N–H and O–H groups in total. The lowest BCUT2D eigenvalue weighted by atomic mass is 10.0. The van der Waals surface area contributed by atoms with Crippen LogP contribution in [0.25, 0.3) is 0 Å². The minimum atomic E-state index is -1.73. The molecule has 4 rings (SSSR count). The molecular formula is C51H76N6O8Si2. The number of benzene rings is 3. The third-order valence-electron chi connectivity index (χ3n) is 11.1. The van der Waals surface area contributed by atoms with Crippen molar-refractivity contribution in [1.82, 2.24) is 15.0 Å². The van der Waals surface area contributed by atoms with Gasteiger partial charge in [-0.25, -0.2) is 14.4 Å². The highest BCUT2D eigenvalue weighted by atomic mass is 28.4. The summed E-state index contributed by atoms with van der Waals surface area (Å²) in [5.41, 5.74) is 3.22. The maximum atomic E-state index is 12.9. The second kappa shape index (κ2) is 28.2. The molecule has 0 aliphatic rings. The number of anilines is 6. The zero-order chi connectivity index (χ0) is 48.7. The molecule has 0 amide bonds. The van der Waals surface area contributed by atoms with Crippen LogP contribution in [0, 0.1) is 11.8 Å². The molecule has 0 saturated carbocycles. The van der Waals surface area contributed by atoms with Gasteiger partial charge in [0.1, 0.15) is 0 Å². The van der Waals surface area contributed by atoms with Crippen LogP contribution in [-0.4, -0.2) is 82.5 Å². The number of nitrogens with zero attached hydrogens (tertiary/aromatic N) is 3. The van der Waals surface area contributed by atoms with E-state index >= 15 is 0 Å². The smallest absolute Gasteiger partial charge is 0.338 e. The first-order valence-electron chi connectivity index (χ1n) is 24.3. The summed E-state index contributed by atoms with van der Waals surface area (Å²) >= 11 is 0. The molecule has 14 nitrogen and oxygen atoms in total. The summed E-state index contributed by atoms with van der Waals surface area (Å²) in [5.74, 6) is 0.213. The Morgan fingerprint density at radius 2 is 0.881 bits per heavy atom. The molecule has 0 fully saturated rings. The molecule has 0 aliphatic heterocycles. The molecule has 67 heavy (non-hydrogen) atoms. The SMILES string of the molecule is CCCCC(CC)COC(=O)c1ccc(Nc2nc(Nc3ccc(C(=O)OCCCCOCC[Si](C)(C)O[Si](C)(C)C)cc3)nc(Nc3ccc(C(=O)OCC(CC)CCCC)cc3)n2)cc1. The second-order valence-corrected chi connectivity index (χ2v) is 27.7. The number of esters is 3. The lowest BCUT2D eigenvalue weighted by Gasteiger charge is -2.31. The Kier molecular flexibility index (Phi) is 22.9. The molecule has 1 aromatic heterocycles. The lowest BCUT2D eigenvalue weighted by molar-refractivity contribution is 0.0419. The highest BCUT2D eigenvalue weighted by Gasteiger charge is 2.29. The van der Waals surface area contributed by atoms with Crippen molar-refractivity contribution in [2.45, 2.75) is 131 Å². The lowest BCUT2D eigenvalue weighted by Crippen LogP contribution is -2.42. The Labute approximate surface area is 401 Å². The van der Waals surface area contributed by atoms with E-state index in [1.165, 1.54) is 0 Å². The minimum Gasteiger partial charge on any atom is -0.462 e. The molecule has 3 aromatic carbocycles. The Bertz CT molecular complexity index is 2010. The van der Waals surface area contributed by atoms with Crippen molar-refractivity contribution < 1.29 is 37.4 Å². The first-order valence-corrected chi connectivity index (χ1v) is 30.8. The average Bonchev–Trinajstić information content (AvgIpc) is 3.29. The van der Waals surface area contributed by atoms with Gasteiger partial charge in [0.25, 0.3) is 0 Å². The summed E-state index contributed by atoms with van der Waals surface area (Å²) in [6.45, 7) is 22.1. The number of nitrogens with one attached hydrogen (secondary N) is 3. The van der Waals surface area contributed by atoms with Crippen LogP contribution in [0.3, 0.4) is 0 Å². The molecule has 366 valence electrons. The van der Waals surface area contributed by atoms with E-state index in [4.69, 9.17) is 23.1 Å². The van der Waals surface area contributed by atoms with Gasteiger partial charge in [-0.3, -0.25) is 0 Å². The molecule has 1 heterocycles. The molecule has 0 radical (unpaired) electrons. The molecular weight excluding hydrogens is 881 g/mol. The van der Waals surface area contributed by atoms with E-state index < -0.39 is 22.6 Å². The van der Waals surface area contributed by atoms with Crippen molar-refractivity contribution in [2.75, 3.05) is 49.0 Å². The van der Waals surface area contributed by atoms with E-state index in [2.05, 4.69) is 91.3 Å². The zero-order valence-corrected chi connectivity index (χ0v) is 43.5. The van der Waals surface area contributed by atoms with Crippen molar-refractivity contribution in [3.63, 3.8) is 0 Å². The quantitative estimate of drug-likeness (QED) is 0.0188. The van der Waals surface area contributed by atoms with Gasteiger partial charge < -0.3 is 39.0 Å². The van der Waals surface area contributed by atoms with E-state index in [1.54, 1.807) is 72.8 Å². The summed E-state index contributed by atoms with van der Waals surface area (Å²) in [7, 11) is -3.30. The summed E-state index contributed by atoms with van der Waals surface area (Å²) < 4.78 is 29.1. The maximum Gasteiger partial charge on any atom is 0.338 e. The molecule has 2 atom stereocenters. The van der Waals surface area contributed by atoms with Crippen LogP contribution >= 0.6 is 0 Å². The largest absolute Gasteiger partial charge is 0.462 e. The van der Waals surface area contributed by atoms with Crippen LogP contribution in [-0.2, 0) is 23.1 Å². The van der Waals surface area contributed by atoms with Crippen molar-refractivity contribution in [2.24, 2.45) is 11.8 Å². The molecule has 0 aliphatic carbocycles. The molecule has 16 heteroatoms. The van der Waals surface area contributed by atoms with Crippen LogP contribution in [0.1, 0.15) is 123 Å².